The molecular weight excluding hydrogens is 479 g/mol. The normalized spacial score (nSPS) is 10.9. The van der Waals surface area contributed by atoms with E-state index in [1.807, 2.05) is 31.2 Å². The van der Waals surface area contributed by atoms with Crippen molar-refractivity contribution in [3.05, 3.63) is 91.7 Å². The Morgan fingerprint density at radius 3 is 2.62 bits per heavy atom. The lowest BCUT2D eigenvalue weighted by Gasteiger charge is -2.14. The summed E-state index contributed by atoms with van der Waals surface area (Å²) in [6.45, 7) is 3.67. The number of benzene rings is 2. The Labute approximate surface area is 180 Å². The number of fused-ring (bicyclic) bond motifs is 1. The average Bonchev–Trinajstić information content (AvgIpc) is 2.70. The molecule has 2 aromatic heterocycles. The second-order valence-electron chi connectivity index (χ2n) is 6.61. The summed E-state index contributed by atoms with van der Waals surface area (Å²) in [6.07, 6.45) is 1.62. The van der Waals surface area contributed by atoms with Crippen LogP contribution in [0.4, 0.5) is 5.69 Å². The Hall–Kier alpha value is -3.07. The molecule has 4 rings (SSSR count). The van der Waals surface area contributed by atoms with Crippen LogP contribution in [0.5, 0.6) is 0 Å². The number of anilines is 1. The first-order valence-corrected chi connectivity index (χ1v) is 10.0. The second kappa shape index (κ2) is 7.75. The number of carbonyl (C=O) groups excluding carboxylic acids is 1. The van der Waals surface area contributed by atoms with Gasteiger partial charge in [-0.15, -0.1) is 0 Å². The molecule has 0 spiro atoms. The molecule has 0 fully saturated rings. The zero-order chi connectivity index (χ0) is 20.5. The van der Waals surface area contributed by atoms with Crippen molar-refractivity contribution in [3.8, 4) is 5.69 Å². The predicted molar refractivity (Wildman–Crippen MR) is 122 cm³/mol. The second-order valence-corrected chi connectivity index (χ2v) is 7.77. The molecular formula is C22H17IN4O2. The number of halogens is 1. The van der Waals surface area contributed by atoms with E-state index >= 15 is 0 Å². The zero-order valence-electron chi connectivity index (χ0n) is 15.8. The van der Waals surface area contributed by atoms with Gasteiger partial charge in [0.1, 0.15) is 5.82 Å². The number of nitrogens with zero attached hydrogens (tertiary/aromatic N) is 3. The van der Waals surface area contributed by atoms with E-state index in [2.05, 4.69) is 37.9 Å². The fourth-order valence-corrected chi connectivity index (χ4v) is 3.82. The van der Waals surface area contributed by atoms with Crippen LogP contribution in [0.2, 0.25) is 0 Å². The van der Waals surface area contributed by atoms with E-state index in [9.17, 15) is 9.59 Å². The Bertz CT molecular complexity index is 1310. The topological polar surface area (TPSA) is 76.9 Å². The lowest BCUT2D eigenvalue weighted by molar-refractivity contribution is 0.102. The SMILES string of the molecule is Cc1cc(-n2c(C)nc3ncccc3c2=O)ccc1NC(=O)c1ccccc1I. The van der Waals surface area contributed by atoms with Crippen molar-refractivity contribution in [2.24, 2.45) is 0 Å². The van der Waals surface area contributed by atoms with Gasteiger partial charge in [-0.25, -0.2) is 9.97 Å². The molecule has 29 heavy (non-hydrogen) atoms. The molecule has 0 aliphatic carbocycles. The van der Waals surface area contributed by atoms with Crippen LogP contribution in [0.3, 0.4) is 0 Å². The van der Waals surface area contributed by atoms with Gasteiger partial charge in [0.05, 0.1) is 16.6 Å². The van der Waals surface area contributed by atoms with Gasteiger partial charge in [0.2, 0.25) is 0 Å². The van der Waals surface area contributed by atoms with Crippen LogP contribution < -0.4 is 10.9 Å². The van der Waals surface area contributed by atoms with Gasteiger partial charge in [-0.2, -0.15) is 0 Å². The molecule has 144 valence electrons. The third-order valence-electron chi connectivity index (χ3n) is 4.65. The first-order valence-electron chi connectivity index (χ1n) is 8.97. The number of hydrogen-bond acceptors (Lipinski definition) is 4. The highest BCUT2D eigenvalue weighted by Gasteiger charge is 2.14. The van der Waals surface area contributed by atoms with Crippen LogP contribution in [-0.2, 0) is 0 Å². The number of hydrogen-bond donors (Lipinski definition) is 1. The van der Waals surface area contributed by atoms with Crippen LogP contribution in [0.1, 0.15) is 21.7 Å². The number of aryl methyl sites for hydroxylation is 2. The first-order chi connectivity index (χ1) is 14.0. The van der Waals surface area contributed by atoms with Gasteiger partial charge in [-0.3, -0.25) is 14.2 Å². The molecule has 2 aromatic carbocycles. The van der Waals surface area contributed by atoms with Crippen LogP contribution in [-0.4, -0.2) is 20.4 Å². The average molecular weight is 496 g/mol. The third-order valence-corrected chi connectivity index (χ3v) is 5.59. The summed E-state index contributed by atoms with van der Waals surface area (Å²) < 4.78 is 2.44. The van der Waals surface area contributed by atoms with E-state index < -0.39 is 0 Å². The molecule has 1 N–H and O–H groups in total. The van der Waals surface area contributed by atoms with Crippen molar-refractivity contribution in [1.82, 2.24) is 14.5 Å². The molecule has 0 saturated carbocycles. The summed E-state index contributed by atoms with van der Waals surface area (Å²) >= 11 is 2.14. The number of aromatic nitrogens is 3. The molecule has 2 heterocycles. The smallest absolute Gasteiger partial charge is 0.267 e. The summed E-state index contributed by atoms with van der Waals surface area (Å²) in [6, 6.07) is 16.3. The van der Waals surface area contributed by atoms with Gasteiger partial charge in [-0.1, -0.05) is 12.1 Å². The summed E-state index contributed by atoms with van der Waals surface area (Å²) in [5.41, 5.74) is 3.12. The minimum absolute atomic E-state index is 0.169. The van der Waals surface area contributed by atoms with Crippen molar-refractivity contribution in [2.75, 3.05) is 5.32 Å². The fourth-order valence-electron chi connectivity index (χ4n) is 3.19. The van der Waals surface area contributed by atoms with Gasteiger partial charge in [0, 0.05) is 15.5 Å². The standard InChI is InChI=1S/C22H17IN4O2/c1-13-12-15(27-14(2)25-20-17(22(27)29)7-5-11-24-20)9-10-19(13)26-21(28)16-6-3-4-8-18(16)23/h3-12H,1-2H3,(H,26,28). The van der Waals surface area contributed by atoms with Crippen molar-refractivity contribution in [1.29, 1.82) is 0 Å². The monoisotopic (exact) mass is 496 g/mol. The molecule has 0 aliphatic rings. The van der Waals surface area contributed by atoms with E-state index in [1.165, 1.54) is 0 Å². The van der Waals surface area contributed by atoms with E-state index in [0.29, 0.717) is 33.8 Å². The summed E-state index contributed by atoms with van der Waals surface area (Å²) in [5.74, 6) is 0.383. The molecule has 1 amide bonds. The quantitative estimate of drug-likeness (QED) is 0.431. The van der Waals surface area contributed by atoms with E-state index in [0.717, 1.165) is 9.13 Å². The Kier molecular flexibility index (Phi) is 5.14. The maximum atomic E-state index is 13.0. The lowest BCUT2D eigenvalue weighted by Crippen LogP contribution is -2.23. The van der Waals surface area contributed by atoms with Crippen LogP contribution >= 0.6 is 22.6 Å². The fraction of sp³-hybridized carbons (Fsp3) is 0.0909. The molecule has 4 aromatic rings. The highest BCUT2D eigenvalue weighted by Crippen LogP contribution is 2.21. The molecule has 0 saturated heterocycles. The number of nitrogens with one attached hydrogen (secondary N) is 1. The molecule has 6 nitrogen and oxygen atoms in total. The highest BCUT2D eigenvalue weighted by atomic mass is 127. The Morgan fingerprint density at radius 1 is 1.07 bits per heavy atom. The van der Waals surface area contributed by atoms with Crippen molar-refractivity contribution in [2.45, 2.75) is 13.8 Å². The molecule has 0 bridgehead atoms. The first kappa shape index (κ1) is 19.3. The minimum Gasteiger partial charge on any atom is -0.322 e. The van der Waals surface area contributed by atoms with Crippen molar-refractivity contribution < 1.29 is 4.79 Å². The Morgan fingerprint density at radius 2 is 1.86 bits per heavy atom. The van der Waals surface area contributed by atoms with Gasteiger partial charge >= 0.3 is 0 Å². The van der Waals surface area contributed by atoms with E-state index in [4.69, 9.17) is 0 Å². The van der Waals surface area contributed by atoms with Gasteiger partial charge in [0.25, 0.3) is 11.5 Å². The molecule has 0 atom stereocenters. The van der Waals surface area contributed by atoms with Crippen LogP contribution in [0.25, 0.3) is 16.7 Å². The maximum absolute atomic E-state index is 13.0. The molecule has 0 aliphatic heterocycles. The minimum atomic E-state index is -0.171. The molecule has 7 heteroatoms. The van der Waals surface area contributed by atoms with E-state index in [-0.39, 0.29) is 11.5 Å². The largest absolute Gasteiger partial charge is 0.322 e. The zero-order valence-corrected chi connectivity index (χ0v) is 18.0. The third kappa shape index (κ3) is 3.65. The summed E-state index contributed by atoms with van der Waals surface area (Å²) in [4.78, 5) is 34.2. The predicted octanol–water partition coefficient (Wildman–Crippen LogP) is 4.25. The van der Waals surface area contributed by atoms with Gasteiger partial charge < -0.3 is 5.32 Å². The van der Waals surface area contributed by atoms with Gasteiger partial charge in [-0.05, 0) is 84.5 Å². The maximum Gasteiger partial charge on any atom is 0.267 e. The number of amides is 1. The van der Waals surface area contributed by atoms with Gasteiger partial charge in [0.15, 0.2) is 5.65 Å². The summed E-state index contributed by atoms with van der Waals surface area (Å²) in [7, 11) is 0. The lowest BCUT2D eigenvalue weighted by atomic mass is 10.1. The molecule has 0 radical (unpaired) electrons. The number of rotatable bonds is 3. The summed E-state index contributed by atoms with van der Waals surface area (Å²) in [5, 5.41) is 3.41. The highest BCUT2D eigenvalue weighted by molar-refractivity contribution is 14.1. The molecule has 0 unspecified atom stereocenters. The number of carbonyl (C=O) groups is 1. The van der Waals surface area contributed by atoms with E-state index in [1.54, 1.807) is 48.0 Å². The van der Waals surface area contributed by atoms with Crippen LogP contribution in [0, 0.1) is 17.4 Å². The van der Waals surface area contributed by atoms with Crippen molar-refractivity contribution >= 4 is 45.2 Å². The van der Waals surface area contributed by atoms with Crippen molar-refractivity contribution in [3.63, 3.8) is 0 Å². The Balaban J connectivity index is 1.71. The number of pyridine rings is 1. The van der Waals surface area contributed by atoms with Crippen LogP contribution in [0.15, 0.2) is 65.6 Å².